The predicted octanol–water partition coefficient (Wildman–Crippen LogP) is 4.56. The summed E-state index contributed by atoms with van der Waals surface area (Å²) in [4.78, 5) is 4.76. The van der Waals surface area contributed by atoms with Crippen LogP contribution >= 0.6 is 34.4 Å². The van der Waals surface area contributed by atoms with Gasteiger partial charge in [-0.05, 0) is 25.0 Å². The van der Waals surface area contributed by atoms with Crippen molar-refractivity contribution in [2.45, 2.75) is 29.0 Å². The van der Waals surface area contributed by atoms with E-state index < -0.39 is 0 Å². The molecule has 7 nitrogen and oxygen atoms in total. The van der Waals surface area contributed by atoms with Crippen LogP contribution in [0.5, 0.6) is 11.5 Å². The Labute approximate surface area is 181 Å². The molecule has 10 heteroatoms. The minimum atomic E-state index is 0.290. The zero-order valence-corrected chi connectivity index (χ0v) is 18.7. The summed E-state index contributed by atoms with van der Waals surface area (Å²) in [5, 5.41) is 15.6. The van der Waals surface area contributed by atoms with Gasteiger partial charge in [0, 0.05) is 30.4 Å². The quantitative estimate of drug-likeness (QED) is 0.475. The van der Waals surface area contributed by atoms with E-state index in [1.807, 2.05) is 18.2 Å². The standard InChI is InChI=1S/C19H22N4O3S3/c1-24-13-5-6-15(16(8-13)25-2)17-21-12(10-27-17)11-28-19-23-22-18(29-19)20-9-14-4-3-7-26-14/h5-6,8,10,14H,3-4,7,9,11H2,1-2H3,(H,20,22). The zero-order chi connectivity index (χ0) is 20.1. The number of thioether (sulfide) groups is 1. The number of anilines is 1. The zero-order valence-electron chi connectivity index (χ0n) is 16.2. The Bertz CT molecular complexity index is 940. The fourth-order valence-electron chi connectivity index (χ4n) is 2.95. The number of rotatable bonds is 9. The Kier molecular flexibility index (Phi) is 6.86. The first-order valence-corrected chi connectivity index (χ1v) is 11.9. The maximum Gasteiger partial charge on any atom is 0.206 e. The second kappa shape index (κ2) is 9.75. The van der Waals surface area contributed by atoms with Gasteiger partial charge in [-0.3, -0.25) is 0 Å². The molecule has 0 bridgehead atoms. The van der Waals surface area contributed by atoms with Crippen molar-refractivity contribution in [3.05, 3.63) is 29.3 Å². The van der Waals surface area contributed by atoms with Crippen LogP contribution in [-0.2, 0) is 10.5 Å². The lowest BCUT2D eigenvalue weighted by Crippen LogP contribution is -2.18. The van der Waals surface area contributed by atoms with Gasteiger partial charge in [0.25, 0.3) is 0 Å². The van der Waals surface area contributed by atoms with E-state index in [1.165, 1.54) is 0 Å². The van der Waals surface area contributed by atoms with Crippen molar-refractivity contribution in [3.8, 4) is 22.1 Å². The van der Waals surface area contributed by atoms with Crippen LogP contribution in [0.4, 0.5) is 5.13 Å². The average molecular weight is 451 g/mol. The van der Waals surface area contributed by atoms with Crippen molar-refractivity contribution in [3.63, 3.8) is 0 Å². The van der Waals surface area contributed by atoms with Crippen molar-refractivity contribution in [1.29, 1.82) is 0 Å². The highest BCUT2D eigenvalue weighted by molar-refractivity contribution is 8.00. The largest absolute Gasteiger partial charge is 0.497 e. The fourth-order valence-corrected chi connectivity index (χ4v) is 5.56. The Balaban J connectivity index is 1.34. The molecule has 3 aromatic rings. The smallest absolute Gasteiger partial charge is 0.206 e. The second-order valence-electron chi connectivity index (χ2n) is 6.39. The van der Waals surface area contributed by atoms with Crippen LogP contribution in [0, 0.1) is 0 Å². The lowest BCUT2D eigenvalue weighted by molar-refractivity contribution is 0.120. The number of nitrogens with zero attached hydrogens (tertiary/aromatic N) is 3. The molecule has 3 heterocycles. The van der Waals surface area contributed by atoms with Crippen LogP contribution in [-0.4, -0.2) is 48.7 Å². The number of ether oxygens (including phenoxy) is 3. The first-order chi connectivity index (χ1) is 14.2. The minimum absolute atomic E-state index is 0.290. The molecule has 154 valence electrons. The summed E-state index contributed by atoms with van der Waals surface area (Å²) in [7, 11) is 3.30. The number of hydrogen-bond donors (Lipinski definition) is 1. The van der Waals surface area contributed by atoms with Crippen molar-refractivity contribution in [2.24, 2.45) is 0 Å². The van der Waals surface area contributed by atoms with Gasteiger partial charge in [-0.2, -0.15) is 0 Å². The van der Waals surface area contributed by atoms with Crippen LogP contribution in [0.1, 0.15) is 18.5 Å². The first-order valence-electron chi connectivity index (χ1n) is 9.23. The summed E-state index contributed by atoms with van der Waals surface area (Å²) in [6.07, 6.45) is 2.54. The molecule has 1 aliphatic rings. The van der Waals surface area contributed by atoms with Crippen molar-refractivity contribution >= 4 is 39.6 Å². The molecule has 0 saturated carbocycles. The molecule has 1 aliphatic heterocycles. The lowest BCUT2D eigenvalue weighted by Gasteiger charge is -2.08. The Morgan fingerprint density at radius 3 is 3.00 bits per heavy atom. The van der Waals surface area contributed by atoms with Gasteiger partial charge in [-0.25, -0.2) is 4.98 Å². The van der Waals surface area contributed by atoms with E-state index in [0.717, 1.165) is 69.0 Å². The summed E-state index contributed by atoms with van der Waals surface area (Å²) >= 11 is 4.81. The van der Waals surface area contributed by atoms with Crippen LogP contribution in [0.2, 0.25) is 0 Å². The topological polar surface area (TPSA) is 78.4 Å². The molecule has 0 aliphatic carbocycles. The number of hydrogen-bond acceptors (Lipinski definition) is 10. The highest BCUT2D eigenvalue weighted by Crippen LogP contribution is 2.36. The summed E-state index contributed by atoms with van der Waals surface area (Å²) in [6.45, 7) is 1.65. The monoisotopic (exact) mass is 450 g/mol. The molecule has 1 saturated heterocycles. The molecule has 1 N–H and O–H groups in total. The van der Waals surface area contributed by atoms with Crippen molar-refractivity contribution in [2.75, 3.05) is 32.7 Å². The molecule has 2 aromatic heterocycles. The summed E-state index contributed by atoms with van der Waals surface area (Å²) in [5.41, 5.74) is 1.98. The van der Waals surface area contributed by atoms with Gasteiger partial charge in [-0.15, -0.1) is 21.5 Å². The molecular formula is C19H22N4O3S3. The SMILES string of the molecule is COc1ccc(-c2nc(CSc3nnc(NCC4CCCO4)s3)cs2)c(OC)c1. The van der Waals surface area contributed by atoms with E-state index in [-0.39, 0.29) is 0 Å². The van der Waals surface area contributed by atoms with Gasteiger partial charge in [0.2, 0.25) is 5.13 Å². The summed E-state index contributed by atoms with van der Waals surface area (Å²) in [6, 6.07) is 5.77. The lowest BCUT2D eigenvalue weighted by atomic mass is 10.2. The molecule has 1 fully saturated rings. The highest BCUT2D eigenvalue weighted by atomic mass is 32.2. The normalized spacial score (nSPS) is 16.1. The number of aromatic nitrogens is 3. The summed E-state index contributed by atoms with van der Waals surface area (Å²) in [5.74, 6) is 2.26. The van der Waals surface area contributed by atoms with Gasteiger partial charge in [-0.1, -0.05) is 23.1 Å². The minimum Gasteiger partial charge on any atom is -0.497 e. The van der Waals surface area contributed by atoms with E-state index >= 15 is 0 Å². The molecule has 0 spiro atoms. The van der Waals surface area contributed by atoms with Gasteiger partial charge in [0.15, 0.2) is 4.34 Å². The van der Waals surface area contributed by atoms with E-state index in [1.54, 1.807) is 48.7 Å². The fraction of sp³-hybridized carbons (Fsp3) is 0.421. The van der Waals surface area contributed by atoms with Crippen molar-refractivity contribution in [1.82, 2.24) is 15.2 Å². The molecular weight excluding hydrogens is 428 g/mol. The number of benzene rings is 1. The predicted molar refractivity (Wildman–Crippen MR) is 118 cm³/mol. The molecule has 1 aromatic carbocycles. The molecule has 1 atom stereocenters. The molecule has 0 radical (unpaired) electrons. The average Bonchev–Trinajstić information content (AvgIpc) is 3.52. The third-order valence-corrected chi connectivity index (χ3v) is 7.42. The molecule has 0 amide bonds. The Morgan fingerprint density at radius 2 is 2.21 bits per heavy atom. The number of methoxy groups -OCH3 is 2. The maximum absolute atomic E-state index is 5.62. The number of thiazole rings is 1. The maximum atomic E-state index is 5.62. The van der Waals surface area contributed by atoms with Crippen LogP contribution in [0.15, 0.2) is 27.9 Å². The molecule has 1 unspecified atom stereocenters. The molecule has 29 heavy (non-hydrogen) atoms. The van der Waals surface area contributed by atoms with Gasteiger partial charge in [0.1, 0.15) is 16.5 Å². The van der Waals surface area contributed by atoms with Gasteiger partial charge < -0.3 is 19.5 Å². The van der Waals surface area contributed by atoms with E-state index in [2.05, 4.69) is 20.9 Å². The highest BCUT2D eigenvalue weighted by Gasteiger charge is 2.16. The van der Waals surface area contributed by atoms with Gasteiger partial charge in [0.05, 0.1) is 31.6 Å². The van der Waals surface area contributed by atoms with Crippen molar-refractivity contribution < 1.29 is 14.2 Å². The molecule has 4 rings (SSSR count). The second-order valence-corrected chi connectivity index (χ2v) is 9.45. The van der Waals surface area contributed by atoms with Crippen LogP contribution in [0.3, 0.4) is 0 Å². The third-order valence-electron chi connectivity index (χ3n) is 4.45. The van der Waals surface area contributed by atoms with E-state index in [0.29, 0.717) is 6.10 Å². The van der Waals surface area contributed by atoms with E-state index in [9.17, 15) is 0 Å². The van der Waals surface area contributed by atoms with Crippen LogP contribution < -0.4 is 14.8 Å². The Morgan fingerprint density at radius 1 is 1.28 bits per heavy atom. The van der Waals surface area contributed by atoms with E-state index in [4.69, 9.17) is 19.2 Å². The van der Waals surface area contributed by atoms with Crippen LogP contribution in [0.25, 0.3) is 10.6 Å². The third kappa shape index (κ3) is 5.19. The van der Waals surface area contributed by atoms with Gasteiger partial charge >= 0.3 is 0 Å². The first kappa shape index (κ1) is 20.4. The number of nitrogens with one attached hydrogen (secondary N) is 1. The Hall–Kier alpha value is -1.88. The summed E-state index contributed by atoms with van der Waals surface area (Å²) < 4.78 is 17.3.